The molecule has 1 aromatic carbocycles. The molecule has 3 rings (SSSR count). The standard InChI is InChI=1S/C15H17N3S/c1-9-3-6-12(7-10(9)2)19-14-8-13(16)17-15(18-14)11-4-5-11/h3,6-8,11H,4-5H2,1-2H3,(H2,16,17,18). The molecule has 0 bridgehead atoms. The van der Waals surface area contributed by atoms with Gasteiger partial charge in [-0.25, -0.2) is 9.97 Å². The highest BCUT2D eigenvalue weighted by Crippen LogP contribution is 2.39. The third-order valence-electron chi connectivity index (χ3n) is 3.38. The summed E-state index contributed by atoms with van der Waals surface area (Å²) in [4.78, 5) is 10.1. The van der Waals surface area contributed by atoms with Crippen molar-refractivity contribution >= 4 is 17.6 Å². The van der Waals surface area contributed by atoms with E-state index in [0.29, 0.717) is 11.7 Å². The Morgan fingerprint density at radius 3 is 2.58 bits per heavy atom. The lowest BCUT2D eigenvalue weighted by atomic mass is 10.1. The van der Waals surface area contributed by atoms with Crippen LogP contribution in [-0.2, 0) is 0 Å². The van der Waals surface area contributed by atoms with Crippen molar-refractivity contribution in [2.45, 2.75) is 42.5 Å². The minimum atomic E-state index is 0.530. The summed E-state index contributed by atoms with van der Waals surface area (Å²) in [7, 11) is 0. The lowest BCUT2D eigenvalue weighted by molar-refractivity contribution is 0.884. The first-order valence-electron chi connectivity index (χ1n) is 6.51. The quantitative estimate of drug-likeness (QED) is 0.865. The van der Waals surface area contributed by atoms with Crippen LogP contribution < -0.4 is 5.73 Å². The second-order valence-corrected chi connectivity index (χ2v) is 6.21. The maximum Gasteiger partial charge on any atom is 0.135 e. The fraction of sp³-hybridized carbons (Fsp3) is 0.333. The van der Waals surface area contributed by atoms with Crippen LogP contribution in [0.1, 0.15) is 35.7 Å². The van der Waals surface area contributed by atoms with Gasteiger partial charge in [0.2, 0.25) is 0 Å². The predicted octanol–water partition coefficient (Wildman–Crippen LogP) is 3.70. The monoisotopic (exact) mass is 271 g/mol. The van der Waals surface area contributed by atoms with Crippen molar-refractivity contribution in [3.05, 3.63) is 41.2 Å². The molecule has 0 radical (unpaired) electrons. The minimum absolute atomic E-state index is 0.530. The average molecular weight is 271 g/mol. The summed E-state index contributed by atoms with van der Waals surface area (Å²) in [6.45, 7) is 4.25. The first-order valence-corrected chi connectivity index (χ1v) is 7.33. The Morgan fingerprint density at radius 2 is 1.89 bits per heavy atom. The van der Waals surface area contributed by atoms with Crippen LogP contribution in [0.3, 0.4) is 0 Å². The van der Waals surface area contributed by atoms with E-state index >= 15 is 0 Å². The predicted molar refractivity (Wildman–Crippen MR) is 78.5 cm³/mol. The van der Waals surface area contributed by atoms with Gasteiger partial charge in [0.05, 0.1) is 0 Å². The van der Waals surface area contributed by atoms with Crippen molar-refractivity contribution in [2.24, 2.45) is 0 Å². The molecule has 1 fully saturated rings. The van der Waals surface area contributed by atoms with Crippen LogP contribution >= 0.6 is 11.8 Å². The van der Waals surface area contributed by atoms with Crippen molar-refractivity contribution in [1.82, 2.24) is 9.97 Å². The molecule has 1 aliphatic rings. The molecular weight excluding hydrogens is 254 g/mol. The molecule has 0 saturated heterocycles. The van der Waals surface area contributed by atoms with Gasteiger partial charge in [-0.05, 0) is 49.9 Å². The Hall–Kier alpha value is -1.55. The number of rotatable bonds is 3. The molecule has 4 heteroatoms. The summed E-state index contributed by atoms with van der Waals surface area (Å²) in [5.74, 6) is 2.01. The summed E-state index contributed by atoms with van der Waals surface area (Å²) in [6.07, 6.45) is 2.38. The first kappa shape index (κ1) is 12.5. The molecule has 1 aromatic heterocycles. The normalized spacial score (nSPS) is 14.6. The van der Waals surface area contributed by atoms with E-state index in [1.807, 2.05) is 6.07 Å². The van der Waals surface area contributed by atoms with E-state index in [-0.39, 0.29) is 0 Å². The number of hydrogen-bond acceptors (Lipinski definition) is 4. The SMILES string of the molecule is Cc1ccc(Sc2cc(N)nc(C3CC3)n2)cc1C. The summed E-state index contributed by atoms with van der Waals surface area (Å²) < 4.78 is 0. The molecule has 1 saturated carbocycles. The number of anilines is 1. The average Bonchev–Trinajstić information content (AvgIpc) is 3.17. The van der Waals surface area contributed by atoms with Gasteiger partial charge in [-0.15, -0.1) is 0 Å². The Balaban J connectivity index is 1.87. The number of nitrogens with two attached hydrogens (primary N) is 1. The van der Waals surface area contributed by atoms with E-state index in [2.05, 4.69) is 42.0 Å². The third kappa shape index (κ3) is 2.89. The first-order chi connectivity index (χ1) is 9.11. The lowest BCUT2D eigenvalue weighted by Crippen LogP contribution is -1.99. The van der Waals surface area contributed by atoms with Gasteiger partial charge in [0, 0.05) is 16.9 Å². The highest BCUT2D eigenvalue weighted by Gasteiger charge is 2.27. The third-order valence-corrected chi connectivity index (χ3v) is 4.29. The van der Waals surface area contributed by atoms with Crippen LogP contribution in [-0.4, -0.2) is 9.97 Å². The van der Waals surface area contributed by atoms with Crippen LogP contribution in [0, 0.1) is 13.8 Å². The summed E-state index contributed by atoms with van der Waals surface area (Å²) in [5.41, 5.74) is 8.48. The van der Waals surface area contributed by atoms with E-state index in [0.717, 1.165) is 10.9 Å². The molecule has 98 valence electrons. The largest absolute Gasteiger partial charge is 0.384 e. The van der Waals surface area contributed by atoms with Gasteiger partial charge in [0.1, 0.15) is 16.7 Å². The van der Waals surface area contributed by atoms with Gasteiger partial charge in [0.15, 0.2) is 0 Å². The number of nitrogens with zero attached hydrogens (tertiary/aromatic N) is 2. The van der Waals surface area contributed by atoms with Gasteiger partial charge in [-0.3, -0.25) is 0 Å². The van der Waals surface area contributed by atoms with Crippen molar-refractivity contribution in [1.29, 1.82) is 0 Å². The molecule has 0 spiro atoms. The second-order valence-electron chi connectivity index (χ2n) is 5.11. The van der Waals surface area contributed by atoms with Crippen LogP contribution in [0.15, 0.2) is 34.2 Å². The van der Waals surface area contributed by atoms with E-state index in [1.54, 1.807) is 11.8 Å². The number of benzene rings is 1. The zero-order valence-electron chi connectivity index (χ0n) is 11.2. The molecule has 19 heavy (non-hydrogen) atoms. The van der Waals surface area contributed by atoms with Crippen LogP contribution in [0.4, 0.5) is 5.82 Å². The van der Waals surface area contributed by atoms with Crippen molar-refractivity contribution in [2.75, 3.05) is 5.73 Å². The Labute approximate surface area is 117 Å². The van der Waals surface area contributed by atoms with Crippen LogP contribution in [0.5, 0.6) is 0 Å². The van der Waals surface area contributed by atoms with E-state index in [1.165, 1.54) is 28.9 Å². The summed E-state index contributed by atoms with van der Waals surface area (Å²) in [5, 5.41) is 0.942. The van der Waals surface area contributed by atoms with Crippen LogP contribution in [0.2, 0.25) is 0 Å². The van der Waals surface area contributed by atoms with Gasteiger partial charge < -0.3 is 5.73 Å². The van der Waals surface area contributed by atoms with E-state index < -0.39 is 0 Å². The topological polar surface area (TPSA) is 51.8 Å². The summed E-state index contributed by atoms with van der Waals surface area (Å²) >= 11 is 1.65. The van der Waals surface area contributed by atoms with Gasteiger partial charge in [-0.2, -0.15) is 0 Å². The Bertz CT molecular complexity index is 621. The lowest BCUT2D eigenvalue weighted by Gasteiger charge is -2.06. The number of aryl methyl sites for hydroxylation is 2. The fourth-order valence-corrected chi connectivity index (χ4v) is 2.87. The molecule has 3 nitrogen and oxygen atoms in total. The molecule has 0 unspecified atom stereocenters. The molecule has 0 amide bonds. The van der Waals surface area contributed by atoms with Crippen molar-refractivity contribution < 1.29 is 0 Å². The number of hydrogen-bond donors (Lipinski definition) is 1. The number of nitrogen functional groups attached to an aromatic ring is 1. The van der Waals surface area contributed by atoms with Gasteiger partial charge in [-0.1, -0.05) is 17.8 Å². The van der Waals surface area contributed by atoms with Gasteiger partial charge >= 0.3 is 0 Å². The maximum atomic E-state index is 5.87. The maximum absolute atomic E-state index is 5.87. The fourth-order valence-electron chi connectivity index (χ4n) is 1.94. The van der Waals surface area contributed by atoms with E-state index in [4.69, 9.17) is 5.73 Å². The molecule has 0 atom stereocenters. The molecule has 2 aromatic rings. The van der Waals surface area contributed by atoms with Crippen molar-refractivity contribution in [3.8, 4) is 0 Å². The van der Waals surface area contributed by atoms with Crippen LogP contribution in [0.25, 0.3) is 0 Å². The van der Waals surface area contributed by atoms with Crippen molar-refractivity contribution in [3.63, 3.8) is 0 Å². The highest BCUT2D eigenvalue weighted by molar-refractivity contribution is 7.99. The molecule has 2 N–H and O–H groups in total. The molecular formula is C15H17N3S. The summed E-state index contributed by atoms with van der Waals surface area (Å²) in [6, 6.07) is 8.31. The Morgan fingerprint density at radius 1 is 1.11 bits per heavy atom. The zero-order chi connectivity index (χ0) is 13.4. The Kier molecular flexibility index (Phi) is 3.19. The van der Waals surface area contributed by atoms with Gasteiger partial charge in [0.25, 0.3) is 0 Å². The molecule has 1 heterocycles. The second kappa shape index (κ2) is 4.85. The minimum Gasteiger partial charge on any atom is -0.384 e. The smallest absolute Gasteiger partial charge is 0.135 e. The van der Waals surface area contributed by atoms with E-state index in [9.17, 15) is 0 Å². The molecule has 0 aliphatic heterocycles. The zero-order valence-corrected chi connectivity index (χ0v) is 12.0. The highest BCUT2D eigenvalue weighted by atomic mass is 32.2. The number of aromatic nitrogens is 2. The molecule has 1 aliphatic carbocycles.